The zero-order valence-electron chi connectivity index (χ0n) is 46.5. The van der Waals surface area contributed by atoms with Gasteiger partial charge < -0.3 is 4.90 Å². The topological polar surface area (TPSA) is 3.24 Å². The molecular formula is C74H75N. The highest BCUT2D eigenvalue weighted by Crippen LogP contribution is 2.65. The van der Waals surface area contributed by atoms with Crippen LogP contribution in [0.1, 0.15) is 170 Å². The molecule has 15 rings (SSSR count). The fourth-order valence-corrected chi connectivity index (χ4v) is 16.3. The molecule has 0 N–H and O–H groups in total. The van der Waals surface area contributed by atoms with Crippen LogP contribution in [-0.2, 0) is 32.5 Å². The van der Waals surface area contributed by atoms with Gasteiger partial charge in [0.1, 0.15) is 0 Å². The molecule has 75 heavy (non-hydrogen) atoms. The molecule has 4 fully saturated rings. The van der Waals surface area contributed by atoms with Gasteiger partial charge in [0.25, 0.3) is 0 Å². The first-order valence-electron chi connectivity index (χ1n) is 28.6. The van der Waals surface area contributed by atoms with E-state index < -0.39 is 5.41 Å². The molecule has 1 spiro atoms. The van der Waals surface area contributed by atoms with Crippen LogP contribution in [0, 0.1) is 17.8 Å². The standard InChI is InChI=1S/C74H75N/c1-69(2,3)51-22-29-58-59-30-23-52(70(4,5)6)38-66(59)74(65(58)37-51)67-39-53(71(7,8)9)24-31-60(67)61-32-27-56(41-68(61)74)75(55-28-33-64-62(40-55)57-14-12-13-15-63(57)72(64,10)11)54-25-18-49(19-26-54)48-16-20-50(21-17-48)73-42-45-34-46(43-73)36-47(35-45)44-73/h12-33,37-41,45-47H,34-36,42-44H2,1-11H3. The third kappa shape index (κ3) is 6.94. The van der Waals surface area contributed by atoms with Crippen LogP contribution in [0.25, 0.3) is 44.5 Å². The van der Waals surface area contributed by atoms with Crippen molar-refractivity contribution in [3.8, 4) is 44.5 Å². The Morgan fingerprint density at radius 1 is 0.360 bits per heavy atom. The molecule has 8 aromatic rings. The molecule has 0 unspecified atom stereocenters. The van der Waals surface area contributed by atoms with E-state index in [1.54, 1.807) is 5.56 Å². The maximum atomic E-state index is 2.60. The van der Waals surface area contributed by atoms with Crippen molar-refractivity contribution < 1.29 is 0 Å². The number of hydrogen-bond acceptors (Lipinski definition) is 1. The molecular weight excluding hydrogens is 903 g/mol. The average Bonchev–Trinajstić information content (AvgIpc) is 3.99. The van der Waals surface area contributed by atoms with E-state index in [4.69, 9.17) is 0 Å². The van der Waals surface area contributed by atoms with E-state index in [2.05, 4.69) is 245 Å². The second kappa shape index (κ2) is 15.8. The fourth-order valence-electron chi connectivity index (χ4n) is 16.3. The number of anilines is 3. The summed E-state index contributed by atoms with van der Waals surface area (Å²) in [5.74, 6) is 2.83. The van der Waals surface area contributed by atoms with Crippen molar-refractivity contribution in [3.05, 3.63) is 219 Å². The Hall–Kier alpha value is -6.44. The molecule has 0 heterocycles. The highest BCUT2D eigenvalue weighted by atomic mass is 15.1. The summed E-state index contributed by atoms with van der Waals surface area (Å²) in [6, 6.07) is 65.5. The zero-order valence-corrected chi connectivity index (χ0v) is 46.5. The van der Waals surface area contributed by atoms with Crippen molar-refractivity contribution in [1.29, 1.82) is 0 Å². The molecule has 4 bridgehead atoms. The third-order valence-electron chi connectivity index (χ3n) is 19.9. The lowest BCUT2D eigenvalue weighted by atomic mass is 9.48. The number of rotatable bonds is 5. The van der Waals surface area contributed by atoms with Gasteiger partial charge in [-0.1, -0.05) is 204 Å². The normalized spacial score (nSPS) is 21.9. The minimum atomic E-state index is -0.534. The highest BCUT2D eigenvalue weighted by molar-refractivity contribution is 5.97. The van der Waals surface area contributed by atoms with Crippen LogP contribution >= 0.6 is 0 Å². The molecule has 1 nitrogen and oxygen atoms in total. The van der Waals surface area contributed by atoms with Crippen LogP contribution in [0.4, 0.5) is 17.1 Å². The van der Waals surface area contributed by atoms with Crippen LogP contribution in [0.2, 0.25) is 0 Å². The second-order valence-electron chi connectivity index (χ2n) is 28.1. The smallest absolute Gasteiger partial charge is 0.0726 e. The van der Waals surface area contributed by atoms with Gasteiger partial charge in [0, 0.05) is 22.5 Å². The van der Waals surface area contributed by atoms with E-state index in [0.717, 1.165) is 23.4 Å². The van der Waals surface area contributed by atoms with Crippen molar-refractivity contribution in [2.24, 2.45) is 17.8 Å². The fraction of sp³-hybridized carbons (Fsp3) is 0.351. The lowest BCUT2D eigenvalue weighted by molar-refractivity contribution is -0.00518. The van der Waals surface area contributed by atoms with Gasteiger partial charge in [0.15, 0.2) is 0 Å². The molecule has 1 heteroatoms. The molecule has 8 aromatic carbocycles. The van der Waals surface area contributed by atoms with E-state index in [9.17, 15) is 0 Å². The summed E-state index contributed by atoms with van der Waals surface area (Å²) in [7, 11) is 0. The van der Waals surface area contributed by atoms with E-state index >= 15 is 0 Å². The quantitative estimate of drug-likeness (QED) is 0.166. The predicted molar refractivity (Wildman–Crippen MR) is 316 cm³/mol. The zero-order chi connectivity index (χ0) is 51.8. The van der Waals surface area contributed by atoms with Crippen molar-refractivity contribution in [3.63, 3.8) is 0 Å². The first-order chi connectivity index (χ1) is 35.7. The molecule has 0 radical (unpaired) electrons. The SMILES string of the molecule is CC(C)(C)c1ccc2c(c1)C1(c3cc(N(c4ccc(-c5ccc(C67CC8CC(CC(C8)C6)C7)cc5)cc4)c4ccc5c(c4)-c4ccccc4C5(C)C)ccc3-2)c2cc(C(C)(C)C)ccc2-c2ccc(C(C)(C)C)cc21. The number of nitrogens with zero attached hydrogens (tertiary/aromatic N) is 1. The van der Waals surface area contributed by atoms with E-state index in [-0.39, 0.29) is 21.7 Å². The lowest BCUT2D eigenvalue weighted by Crippen LogP contribution is -2.48. The Kier molecular flexibility index (Phi) is 9.92. The van der Waals surface area contributed by atoms with Gasteiger partial charge in [0.2, 0.25) is 0 Å². The molecule has 376 valence electrons. The summed E-state index contributed by atoms with van der Waals surface area (Å²) in [6.45, 7) is 26.1. The van der Waals surface area contributed by atoms with Gasteiger partial charge in [-0.2, -0.15) is 0 Å². The number of fused-ring (bicyclic) bond motifs is 13. The maximum absolute atomic E-state index is 2.60. The summed E-state index contributed by atoms with van der Waals surface area (Å²) in [5, 5.41) is 0. The molecule has 0 atom stereocenters. The van der Waals surface area contributed by atoms with Gasteiger partial charge in [-0.15, -0.1) is 0 Å². The van der Waals surface area contributed by atoms with E-state index in [1.165, 1.54) is 144 Å². The minimum Gasteiger partial charge on any atom is -0.310 e. The van der Waals surface area contributed by atoms with E-state index in [0.29, 0.717) is 5.41 Å². The van der Waals surface area contributed by atoms with Crippen molar-refractivity contribution in [1.82, 2.24) is 0 Å². The number of hydrogen-bond donors (Lipinski definition) is 0. The van der Waals surface area contributed by atoms with Crippen LogP contribution in [0.5, 0.6) is 0 Å². The molecule has 0 aromatic heterocycles. The molecule has 7 aliphatic rings. The Labute approximate surface area is 448 Å². The molecule has 4 saturated carbocycles. The highest BCUT2D eigenvalue weighted by Gasteiger charge is 2.54. The van der Waals surface area contributed by atoms with Gasteiger partial charge in [0.05, 0.1) is 5.41 Å². The average molecular weight is 978 g/mol. The first-order valence-corrected chi connectivity index (χ1v) is 28.6. The summed E-state index contributed by atoms with van der Waals surface area (Å²) in [4.78, 5) is 2.56. The van der Waals surface area contributed by atoms with Crippen molar-refractivity contribution in [2.45, 2.75) is 147 Å². The largest absolute Gasteiger partial charge is 0.310 e. The Balaban J connectivity index is 0.965. The lowest BCUT2D eigenvalue weighted by Gasteiger charge is -2.57. The Bertz CT molecular complexity index is 3510. The Morgan fingerprint density at radius 3 is 1.24 bits per heavy atom. The Morgan fingerprint density at radius 2 is 0.747 bits per heavy atom. The second-order valence-corrected chi connectivity index (χ2v) is 28.1. The van der Waals surface area contributed by atoms with Crippen LogP contribution in [0.15, 0.2) is 164 Å². The maximum Gasteiger partial charge on any atom is 0.0726 e. The van der Waals surface area contributed by atoms with Crippen LogP contribution < -0.4 is 4.90 Å². The van der Waals surface area contributed by atoms with Gasteiger partial charge in [-0.05, 0) is 214 Å². The summed E-state index contributed by atoms with van der Waals surface area (Å²) < 4.78 is 0. The van der Waals surface area contributed by atoms with Gasteiger partial charge >= 0.3 is 0 Å². The van der Waals surface area contributed by atoms with Gasteiger partial charge in [-0.3, -0.25) is 0 Å². The predicted octanol–water partition coefficient (Wildman–Crippen LogP) is 19.8. The summed E-state index contributed by atoms with van der Waals surface area (Å²) in [6.07, 6.45) is 8.64. The molecule has 0 aliphatic heterocycles. The number of benzene rings is 8. The van der Waals surface area contributed by atoms with Crippen LogP contribution in [-0.4, -0.2) is 0 Å². The molecule has 0 amide bonds. The monoisotopic (exact) mass is 978 g/mol. The van der Waals surface area contributed by atoms with Gasteiger partial charge in [-0.25, -0.2) is 0 Å². The van der Waals surface area contributed by atoms with Crippen molar-refractivity contribution >= 4 is 17.1 Å². The van der Waals surface area contributed by atoms with E-state index in [1.807, 2.05) is 0 Å². The minimum absolute atomic E-state index is 0.0267. The third-order valence-corrected chi connectivity index (χ3v) is 19.9. The van der Waals surface area contributed by atoms with Crippen LogP contribution in [0.3, 0.4) is 0 Å². The summed E-state index contributed by atoms with van der Waals surface area (Å²) in [5.41, 5.74) is 27.9. The molecule has 0 saturated heterocycles. The van der Waals surface area contributed by atoms with Crippen molar-refractivity contribution in [2.75, 3.05) is 4.90 Å². The summed E-state index contributed by atoms with van der Waals surface area (Å²) >= 11 is 0. The first kappa shape index (κ1) is 47.0. The molecule has 7 aliphatic carbocycles.